The van der Waals surface area contributed by atoms with Gasteiger partial charge in [0, 0.05) is 0 Å². The van der Waals surface area contributed by atoms with Gasteiger partial charge < -0.3 is 0 Å². The molecule has 0 saturated carbocycles. The minimum Gasteiger partial charge on any atom is -0.300 e. The van der Waals surface area contributed by atoms with Gasteiger partial charge in [-0.25, -0.2) is 0 Å². The summed E-state index contributed by atoms with van der Waals surface area (Å²) >= 11 is 0. The minimum atomic E-state index is -3.53. The zero-order chi connectivity index (χ0) is 10.2. The van der Waals surface area contributed by atoms with E-state index in [9.17, 15) is 8.42 Å². The van der Waals surface area contributed by atoms with Gasteiger partial charge in [0.25, 0.3) is 10.1 Å². The molecule has 1 heterocycles. The van der Waals surface area contributed by atoms with Gasteiger partial charge in [0.1, 0.15) is 5.69 Å². The Bertz CT molecular complexity index is 445. The number of hydrogen-bond donors (Lipinski definition) is 2. The number of benzene rings is 1. The number of nitrogens with zero attached hydrogens (tertiary/aromatic N) is 1. The second-order valence-electron chi connectivity index (χ2n) is 2.83. The van der Waals surface area contributed by atoms with Crippen LogP contribution in [-0.4, -0.2) is 14.7 Å². The van der Waals surface area contributed by atoms with Crippen LogP contribution in [0.5, 0.6) is 0 Å². The Kier molecular flexibility index (Phi) is 2.06. The summed E-state index contributed by atoms with van der Waals surface area (Å²) in [6.07, 6.45) is 0.982. The second kappa shape index (κ2) is 3.12. The number of para-hydroxylation sites is 2. The van der Waals surface area contributed by atoms with E-state index < -0.39 is 10.1 Å². The van der Waals surface area contributed by atoms with E-state index in [1.54, 1.807) is 18.2 Å². The first-order valence-corrected chi connectivity index (χ1v) is 5.68. The number of hydrazine groups is 2. The highest BCUT2D eigenvalue weighted by molar-refractivity contribution is 7.86. The largest absolute Gasteiger partial charge is 0.300 e. The Labute approximate surface area is 81.5 Å². The van der Waals surface area contributed by atoms with Crippen molar-refractivity contribution >= 4 is 21.5 Å². The summed E-state index contributed by atoms with van der Waals surface area (Å²) in [4.78, 5) is 0. The number of anilines is 2. The van der Waals surface area contributed by atoms with Gasteiger partial charge in [-0.1, -0.05) is 12.1 Å². The van der Waals surface area contributed by atoms with Gasteiger partial charge in [0.2, 0.25) is 0 Å². The standard InChI is InChI=1S/C7H9N3O3S/c1-14(11,12)13-10-7-5-3-2-4-6(7)8-9-10/h2-5,8-9H,1H3. The molecular weight excluding hydrogens is 206 g/mol. The van der Waals surface area contributed by atoms with E-state index in [0.717, 1.165) is 17.1 Å². The fourth-order valence-electron chi connectivity index (χ4n) is 1.12. The van der Waals surface area contributed by atoms with Gasteiger partial charge in [-0.15, -0.1) is 15.0 Å². The molecule has 1 aromatic carbocycles. The highest BCUT2D eigenvalue weighted by atomic mass is 32.2. The summed E-state index contributed by atoms with van der Waals surface area (Å²) in [7, 11) is -3.53. The van der Waals surface area contributed by atoms with Crippen molar-refractivity contribution in [2.45, 2.75) is 0 Å². The lowest BCUT2D eigenvalue weighted by molar-refractivity contribution is 0.263. The van der Waals surface area contributed by atoms with Crippen LogP contribution in [0.2, 0.25) is 0 Å². The third-order valence-electron chi connectivity index (χ3n) is 1.62. The summed E-state index contributed by atoms with van der Waals surface area (Å²) in [6, 6.07) is 7.14. The first-order valence-electron chi connectivity index (χ1n) is 3.87. The van der Waals surface area contributed by atoms with Crippen LogP contribution >= 0.6 is 0 Å². The molecule has 0 saturated heterocycles. The predicted molar refractivity (Wildman–Crippen MR) is 51.6 cm³/mol. The SMILES string of the molecule is CS(=O)(=O)ON1NNc2ccccc21. The zero-order valence-electron chi connectivity index (χ0n) is 7.39. The molecule has 1 aliphatic heterocycles. The first kappa shape index (κ1) is 9.25. The minimum absolute atomic E-state index is 0.623. The van der Waals surface area contributed by atoms with Crippen LogP contribution in [0.25, 0.3) is 0 Å². The molecule has 2 N–H and O–H groups in total. The Morgan fingerprint density at radius 3 is 2.79 bits per heavy atom. The average Bonchev–Trinajstić information content (AvgIpc) is 2.47. The highest BCUT2D eigenvalue weighted by Gasteiger charge is 2.21. The molecule has 0 atom stereocenters. The summed E-state index contributed by atoms with van der Waals surface area (Å²) in [5.41, 5.74) is 6.70. The Morgan fingerprint density at radius 2 is 2.07 bits per heavy atom. The summed E-state index contributed by atoms with van der Waals surface area (Å²) in [5, 5.41) is 1.06. The van der Waals surface area contributed by atoms with Crippen molar-refractivity contribution in [2.75, 3.05) is 16.9 Å². The van der Waals surface area contributed by atoms with E-state index in [1.807, 2.05) is 6.07 Å². The van der Waals surface area contributed by atoms with Crippen LogP contribution < -0.4 is 16.1 Å². The maximum atomic E-state index is 10.9. The molecule has 0 aliphatic carbocycles. The maximum Gasteiger partial charge on any atom is 0.286 e. The average molecular weight is 215 g/mol. The molecule has 0 bridgehead atoms. The van der Waals surface area contributed by atoms with Crippen molar-refractivity contribution < 1.29 is 12.7 Å². The van der Waals surface area contributed by atoms with Crippen LogP contribution in [0.3, 0.4) is 0 Å². The summed E-state index contributed by atoms with van der Waals surface area (Å²) < 4.78 is 26.4. The quantitative estimate of drug-likeness (QED) is 0.736. The Balaban J connectivity index is 2.27. The molecule has 0 unspecified atom stereocenters. The van der Waals surface area contributed by atoms with Crippen LogP contribution in [-0.2, 0) is 14.4 Å². The molecule has 0 radical (unpaired) electrons. The van der Waals surface area contributed by atoms with Crippen molar-refractivity contribution in [3.63, 3.8) is 0 Å². The number of hydrogen-bond acceptors (Lipinski definition) is 6. The fourth-order valence-corrected chi connectivity index (χ4v) is 1.51. The normalized spacial score (nSPS) is 15.1. The van der Waals surface area contributed by atoms with Gasteiger partial charge >= 0.3 is 0 Å². The number of nitrogens with one attached hydrogen (secondary N) is 2. The smallest absolute Gasteiger partial charge is 0.286 e. The molecule has 0 fully saturated rings. The zero-order valence-corrected chi connectivity index (χ0v) is 8.21. The lowest BCUT2D eigenvalue weighted by atomic mass is 10.3. The molecule has 2 rings (SSSR count). The van der Waals surface area contributed by atoms with E-state index in [0.29, 0.717) is 5.69 Å². The van der Waals surface area contributed by atoms with E-state index in [-0.39, 0.29) is 0 Å². The fraction of sp³-hybridized carbons (Fsp3) is 0.143. The Hall–Kier alpha value is -1.31. The van der Waals surface area contributed by atoms with Crippen molar-refractivity contribution in [3.8, 4) is 0 Å². The van der Waals surface area contributed by atoms with E-state index in [4.69, 9.17) is 0 Å². The van der Waals surface area contributed by atoms with Crippen molar-refractivity contribution in [3.05, 3.63) is 24.3 Å². The molecule has 76 valence electrons. The summed E-state index contributed by atoms with van der Waals surface area (Å²) in [6.45, 7) is 0. The third-order valence-corrected chi connectivity index (χ3v) is 2.04. The molecule has 1 aliphatic rings. The van der Waals surface area contributed by atoms with Crippen LogP contribution in [0, 0.1) is 0 Å². The van der Waals surface area contributed by atoms with Crippen molar-refractivity contribution in [1.29, 1.82) is 0 Å². The van der Waals surface area contributed by atoms with Crippen molar-refractivity contribution in [2.24, 2.45) is 0 Å². The van der Waals surface area contributed by atoms with Crippen LogP contribution in [0.15, 0.2) is 24.3 Å². The van der Waals surface area contributed by atoms with E-state index in [2.05, 4.69) is 15.2 Å². The highest BCUT2D eigenvalue weighted by Crippen LogP contribution is 2.28. The molecule has 0 amide bonds. The van der Waals surface area contributed by atoms with E-state index in [1.165, 1.54) is 0 Å². The summed E-state index contributed by atoms with van der Waals surface area (Å²) in [5.74, 6) is 0. The monoisotopic (exact) mass is 215 g/mol. The predicted octanol–water partition coefficient (Wildman–Crippen LogP) is 0.229. The molecule has 1 aromatic rings. The van der Waals surface area contributed by atoms with Gasteiger partial charge in [-0.3, -0.25) is 5.43 Å². The lowest BCUT2D eigenvalue weighted by Crippen LogP contribution is -2.37. The molecule has 14 heavy (non-hydrogen) atoms. The van der Waals surface area contributed by atoms with Gasteiger partial charge in [-0.05, 0) is 12.1 Å². The molecule has 6 nitrogen and oxygen atoms in total. The molecule has 0 aromatic heterocycles. The Morgan fingerprint density at radius 1 is 1.36 bits per heavy atom. The van der Waals surface area contributed by atoms with Gasteiger partial charge in [0.05, 0.1) is 11.9 Å². The van der Waals surface area contributed by atoms with Crippen LogP contribution in [0.1, 0.15) is 0 Å². The molecular formula is C7H9N3O3S. The lowest BCUT2D eigenvalue weighted by Gasteiger charge is -2.13. The maximum absolute atomic E-state index is 10.9. The van der Waals surface area contributed by atoms with Crippen LogP contribution in [0.4, 0.5) is 11.4 Å². The number of rotatable bonds is 2. The first-order chi connectivity index (χ1) is 6.56. The number of fused-ring (bicyclic) bond motifs is 1. The van der Waals surface area contributed by atoms with Crippen molar-refractivity contribution in [1.82, 2.24) is 5.53 Å². The van der Waals surface area contributed by atoms with Gasteiger partial charge in [0.15, 0.2) is 0 Å². The third kappa shape index (κ3) is 1.79. The molecule has 0 spiro atoms. The molecule has 7 heteroatoms. The topological polar surface area (TPSA) is 70.7 Å². The van der Waals surface area contributed by atoms with E-state index >= 15 is 0 Å². The van der Waals surface area contributed by atoms with Gasteiger partial charge in [-0.2, -0.15) is 8.42 Å². The second-order valence-corrected chi connectivity index (χ2v) is 4.38.